The highest BCUT2D eigenvalue weighted by Gasteiger charge is 2.01. The van der Waals surface area contributed by atoms with Gasteiger partial charge < -0.3 is 20.7 Å². The first-order valence-electron chi connectivity index (χ1n) is 5.77. The minimum absolute atomic E-state index is 0.699. The fraction of sp³-hybridized carbons (Fsp3) is 0.583. The second-order valence-corrected chi connectivity index (χ2v) is 4.17. The quantitative estimate of drug-likeness (QED) is 0.741. The summed E-state index contributed by atoms with van der Waals surface area (Å²) in [6.45, 7) is 5.40. The molecule has 0 amide bonds. The number of likely N-dealkylation sites (N-methyl/N-ethyl adjacent to an activating group) is 1. The highest BCUT2D eigenvalue weighted by atomic mass is 16.5. The van der Waals surface area contributed by atoms with Gasteiger partial charge in [-0.2, -0.15) is 0 Å². The van der Waals surface area contributed by atoms with Gasteiger partial charge in [-0.1, -0.05) is 0 Å². The Bertz CT molecular complexity index is 343. The zero-order chi connectivity index (χ0) is 12.7. The second-order valence-electron chi connectivity index (χ2n) is 4.17. The van der Waals surface area contributed by atoms with Crippen LogP contribution in [0.25, 0.3) is 0 Å². The summed E-state index contributed by atoms with van der Waals surface area (Å²) in [5, 5.41) is 3.23. The fourth-order valence-corrected chi connectivity index (χ4v) is 1.46. The lowest BCUT2D eigenvalue weighted by atomic mass is 10.3. The van der Waals surface area contributed by atoms with Crippen LogP contribution in [0.3, 0.4) is 0 Å². The molecule has 0 bridgehead atoms. The van der Waals surface area contributed by atoms with Gasteiger partial charge in [0.15, 0.2) is 0 Å². The molecule has 0 radical (unpaired) electrons. The molecule has 0 saturated heterocycles. The van der Waals surface area contributed by atoms with Crippen molar-refractivity contribution in [3.8, 4) is 0 Å². The minimum Gasteiger partial charge on any atom is -0.396 e. The van der Waals surface area contributed by atoms with E-state index in [1.165, 1.54) is 0 Å². The van der Waals surface area contributed by atoms with Crippen molar-refractivity contribution >= 4 is 11.5 Å². The SMILES string of the molecule is COCCN(C)CCNc1ncc(C)cc1N. The van der Waals surface area contributed by atoms with E-state index in [0.29, 0.717) is 5.69 Å². The number of nitrogens with one attached hydrogen (secondary N) is 1. The predicted octanol–water partition coefficient (Wildman–Crippen LogP) is 0.962. The molecule has 0 aliphatic heterocycles. The van der Waals surface area contributed by atoms with Crippen LogP contribution in [0.5, 0.6) is 0 Å². The molecule has 1 heterocycles. The van der Waals surface area contributed by atoms with Crippen LogP contribution in [0.1, 0.15) is 5.56 Å². The summed E-state index contributed by atoms with van der Waals surface area (Å²) in [5.41, 5.74) is 7.63. The van der Waals surface area contributed by atoms with Crippen molar-refractivity contribution in [1.29, 1.82) is 0 Å². The van der Waals surface area contributed by atoms with Crippen LogP contribution in [-0.4, -0.2) is 50.3 Å². The first kappa shape index (κ1) is 13.7. The van der Waals surface area contributed by atoms with Crippen LogP contribution in [0.2, 0.25) is 0 Å². The Hall–Kier alpha value is -1.33. The van der Waals surface area contributed by atoms with E-state index in [1.807, 2.05) is 19.2 Å². The van der Waals surface area contributed by atoms with Gasteiger partial charge in [0, 0.05) is 32.9 Å². The Morgan fingerprint density at radius 3 is 2.88 bits per heavy atom. The van der Waals surface area contributed by atoms with E-state index >= 15 is 0 Å². The van der Waals surface area contributed by atoms with E-state index in [2.05, 4.69) is 22.2 Å². The number of rotatable bonds is 7. The molecule has 5 heteroatoms. The van der Waals surface area contributed by atoms with Gasteiger partial charge in [0.1, 0.15) is 5.82 Å². The van der Waals surface area contributed by atoms with Gasteiger partial charge in [-0.05, 0) is 25.6 Å². The molecule has 0 aromatic carbocycles. The van der Waals surface area contributed by atoms with Crippen molar-refractivity contribution in [2.24, 2.45) is 0 Å². The Balaban J connectivity index is 2.30. The van der Waals surface area contributed by atoms with Gasteiger partial charge in [0.2, 0.25) is 0 Å². The Labute approximate surface area is 103 Å². The smallest absolute Gasteiger partial charge is 0.149 e. The summed E-state index contributed by atoms with van der Waals surface area (Å²) in [4.78, 5) is 6.45. The van der Waals surface area contributed by atoms with Gasteiger partial charge in [-0.25, -0.2) is 4.98 Å². The van der Waals surface area contributed by atoms with Crippen LogP contribution in [0, 0.1) is 6.92 Å². The molecule has 96 valence electrons. The number of aryl methyl sites for hydroxylation is 1. The largest absolute Gasteiger partial charge is 0.396 e. The van der Waals surface area contributed by atoms with Crippen molar-refractivity contribution in [2.75, 3.05) is 51.4 Å². The predicted molar refractivity (Wildman–Crippen MR) is 71.2 cm³/mol. The highest BCUT2D eigenvalue weighted by Crippen LogP contribution is 2.15. The number of anilines is 2. The van der Waals surface area contributed by atoms with E-state index in [9.17, 15) is 0 Å². The Kier molecular flexibility index (Phi) is 5.72. The van der Waals surface area contributed by atoms with Gasteiger partial charge in [0.05, 0.1) is 12.3 Å². The summed E-state index contributed by atoms with van der Waals surface area (Å²) < 4.78 is 5.01. The van der Waals surface area contributed by atoms with E-state index < -0.39 is 0 Å². The molecule has 1 aromatic heterocycles. The molecule has 0 atom stereocenters. The second kappa shape index (κ2) is 7.09. The van der Waals surface area contributed by atoms with Crippen LogP contribution >= 0.6 is 0 Å². The zero-order valence-corrected chi connectivity index (χ0v) is 10.9. The van der Waals surface area contributed by atoms with Gasteiger partial charge in [0.25, 0.3) is 0 Å². The zero-order valence-electron chi connectivity index (χ0n) is 10.9. The lowest BCUT2D eigenvalue weighted by Gasteiger charge is -2.16. The lowest BCUT2D eigenvalue weighted by molar-refractivity contribution is 0.163. The third-order valence-corrected chi connectivity index (χ3v) is 2.52. The van der Waals surface area contributed by atoms with E-state index in [4.69, 9.17) is 10.5 Å². The minimum atomic E-state index is 0.699. The average Bonchev–Trinajstić information content (AvgIpc) is 2.29. The van der Waals surface area contributed by atoms with Crippen molar-refractivity contribution < 1.29 is 4.74 Å². The molecule has 0 spiro atoms. The van der Waals surface area contributed by atoms with Crippen LogP contribution in [0.15, 0.2) is 12.3 Å². The number of hydrogen-bond donors (Lipinski definition) is 2. The number of hydrogen-bond acceptors (Lipinski definition) is 5. The summed E-state index contributed by atoms with van der Waals surface area (Å²) in [6.07, 6.45) is 1.81. The fourth-order valence-electron chi connectivity index (χ4n) is 1.46. The van der Waals surface area contributed by atoms with Crippen LogP contribution in [-0.2, 0) is 4.74 Å². The van der Waals surface area contributed by atoms with Crippen LogP contribution < -0.4 is 11.1 Å². The monoisotopic (exact) mass is 238 g/mol. The van der Waals surface area contributed by atoms with Gasteiger partial charge in [-0.3, -0.25) is 0 Å². The molecule has 0 fully saturated rings. The number of nitrogens with zero attached hydrogens (tertiary/aromatic N) is 2. The number of pyridine rings is 1. The number of nitrogen functional groups attached to an aromatic ring is 1. The van der Waals surface area contributed by atoms with Crippen molar-refractivity contribution in [3.05, 3.63) is 17.8 Å². The molecular weight excluding hydrogens is 216 g/mol. The molecule has 0 unspecified atom stereocenters. The number of ether oxygens (including phenoxy) is 1. The summed E-state index contributed by atoms with van der Waals surface area (Å²) >= 11 is 0. The van der Waals surface area contributed by atoms with Crippen molar-refractivity contribution in [3.63, 3.8) is 0 Å². The number of nitrogens with two attached hydrogens (primary N) is 1. The third-order valence-electron chi connectivity index (χ3n) is 2.52. The van der Waals surface area contributed by atoms with E-state index in [1.54, 1.807) is 7.11 Å². The average molecular weight is 238 g/mol. The molecule has 3 N–H and O–H groups in total. The molecule has 17 heavy (non-hydrogen) atoms. The summed E-state index contributed by atoms with van der Waals surface area (Å²) in [7, 11) is 3.77. The van der Waals surface area contributed by atoms with Gasteiger partial charge >= 0.3 is 0 Å². The number of methoxy groups -OCH3 is 1. The maximum atomic E-state index is 5.86. The molecule has 0 aliphatic rings. The van der Waals surface area contributed by atoms with E-state index in [-0.39, 0.29) is 0 Å². The van der Waals surface area contributed by atoms with Gasteiger partial charge in [-0.15, -0.1) is 0 Å². The maximum absolute atomic E-state index is 5.86. The van der Waals surface area contributed by atoms with E-state index in [0.717, 1.165) is 37.6 Å². The van der Waals surface area contributed by atoms with Crippen molar-refractivity contribution in [1.82, 2.24) is 9.88 Å². The standard InChI is InChI=1S/C12H22N4O/c1-10-8-11(13)12(15-9-10)14-4-5-16(2)6-7-17-3/h8-9H,4-7,13H2,1-3H3,(H,14,15). The molecular formula is C12H22N4O. The van der Waals surface area contributed by atoms with Crippen molar-refractivity contribution in [2.45, 2.75) is 6.92 Å². The normalized spacial score (nSPS) is 10.8. The maximum Gasteiger partial charge on any atom is 0.149 e. The summed E-state index contributed by atoms with van der Waals surface area (Å²) in [5.74, 6) is 0.760. The number of aromatic nitrogens is 1. The Morgan fingerprint density at radius 2 is 2.24 bits per heavy atom. The molecule has 1 aromatic rings. The Morgan fingerprint density at radius 1 is 1.47 bits per heavy atom. The molecule has 1 rings (SSSR count). The summed E-state index contributed by atoms with van der Waals surface area (Å²) in [6, 6.07) is 1.92. The first-order valence-corrected chi connectivity index (χ1v) is 5.77. The highest BCUT2D eigenvalue weighted by molar-refractivity contribution is 5.61. The molecule has 0 aliphatic carbocycles. The van der Waals surface area contributed by atoms with Crippen LogP contribution in [0.4, 0.5) is 11.5 Å². The first-order chi connectivity index (χ1) is 8.13. The lowest BCUT2D eigenvalue weighted by Crippen LogP contribution is -2.28. The topological polar surface area (TPSA) is 63.4 Å². The third kappa shape index (κ3) is 5.01. The molecule has 0 saturated carbocycles. The molecule has 5 nitrogen and oxygen atoms in total.